The topological polar surface area (TPSA) is 197 Å². The summed E-state index contributed by atoms with van der Waals surface area (Å²) in [5.41, 5.74) is 8.52. The largest absolute Gasteiger partial charge is 0.375 e. The molecule has 2 aromatic heterocycles. The van der Waals surface area contributed by atoms with Gasteiger partial charge in [-0.05, 0) is 57.0 Å². The molecule has 1 fully saturated rings. The highest BCUT2D eigenvalue weighted by molar-refractivity contribution is 7.15. The van der Waals surface area contributed by atoms with Crippen molar-refractivity contribution in [3.05, 3.63) is 91.8 Å². The van der Waals surface area contributed by atoms with E-state index in [1.54, 1.807) is 23.5 Å². The van der Waals surface area contributed by atoms with E-state index in [0.717, 1.165) is 31.5 Å². The second-order valence-corrected chi connectivity index (χ2v) is 13.9. The van der Waals surface area contributed by atoms with E-state index in [4.69, 9.17) is 16.6 Å². The molecule has 7 rings (SSSR count). The lowest BCUT2D eigenvalue weighted by atomic mass is 9.99. The molecule has 0 bridgehead atoms. The van der Waals surface area contributed by atoms with Crippen LogP contribution in [-0.4, -0.2) is 73.4 Å². The van der Waals surface area contributed by atoms with Gasteiger partial charge in [0, 0.05) is 33.1 Å². The van der Waals surface area contributed by atoms with Crippen LogP contribution in [0.2, 0.25) is 5.02 Å². The molecule has 1 unspecified atom stereocenters. The quantitative estimate of drug-likeness (QED) is 0.163. The van der Waals surface area contributed by atoms with Crippen molar-refractivity contribution in [3.63, 3.8) is 0 Å². The molecule has 2 atom stereocenters. The van der Waals surface area contributed by atoms with Crippen LogP contribution in [0.25, 0.3) is 5.00 Å². The highest BCUT2D eigenvalue weighted by Gasteiger charge is 2.45. The Balaban J connectivity index is 1.04. The number of hydrazine groups is 1. The lowest BCUT2D eigenvalue weighted by Crippen LogP contribution is -2.54. The van der Waals surface area contributed by atoms with Gasteiger partial charge < -0.3 is 5.32 Å². The van der Waals surface area contributed by atoms with Crippen LogP contribution >= 0.6 is 22.9 Å². The number of benzene rings is 2. The van der Waals surface area contributed by atoms with Gasteiger partial charge in [-0.2, -0.15) is 0 Å². The minimum absolute atomic E-state index is 0.00472. The summed E-state index contributed by atoms with van der Waals surface area (Å²) in [6.45, 7) is 5.53. The number of aromatic nitrogens is 3. The predicted octanol–water partition coefficient (Wildman–Crippen LogP) is 2.85. The third-order valence-electron chi connectivity index (χ3n) is 8.98. The molecular weight excluding hydrogens is 698 g/mol. The van der Waals surface area contributed by atoms with Crippen LogP contribution in [0.1, 0.15) is 79.2 Å². The molecule has 3 aliphatic heterocycles. The molecular formula is C34H30ClN9O6S. The maximum absolute atomic E-state index is 13.4. The van der Waals surface area contributed by atoms with Crippen molar-refractivity contribution < 1.29 is 28.8 Å². The van der Waals surface area contributed by atoms with Gasteiger partial charge in [0.25, 0.3) is 17.7 Å². The molecule has 17 heteroatoms. The number of halogens is 1. The Morgan fingerprint density at radius 1 is 0.961 bits per heavy atom. The number of piperidine rings is 1. The number of fused-ring (bicyclic) bond motifs is 4. The Morgan fingerprint density at radius 3 is 2.45 bits per heavy atom. The van der Waals surface area contributed by atoms with Gasteiger partial charge >= 0.3 is 0 Å². The zero-order valence-electron chi connectivity index (χ0n) is 27.5. The maximum atomic E-state index is 13.4. The van der Waals surface area contributed by atoms with Crippen molar-refractivity contribution >= 4 is 69.8 Å². The number of aliphatic imine (C=N–C) groups is 1. The molecule has 0 aliphatic carbocycles. The van der Waals surface area contributed by atoms with Crippen LogP contribution in [0.5, 0.6) is 0 Å². The monoisotopic (exact) mass is 727 g/mol. The summed E-state index contributed by atoms with van der Waals surface area (Å²) < 4.78 is 1.92. The average molecular weight is 728 g/mol. The van der Waals surface area contributed by atoms with Gasteiger partial charge in [0.05, 0.1) is 29.8 Å². The molecule has 5 heterocycles. The molecule has 2 aromatic carbocycles. The Labute approximate surface area is 299 Å². The minimum Gasteiger partial charge on any atom is -0.375 e. The molecule has 51 heavy (non-hydrogen) atoms. The van der Waals surface area contributed by atoms with Crippen molar-refractivity contribution in [1.29, 1.82) is 0 Å². The summed E-state index contributed by atoms with van der Waals surface area (Å²) in [6.07, 6.45) is -0.164. The number of hydrogen-bond donors (Lipinski definition) is 4. The lowest BCUT2D eigenvalue weighted by molar-refractivity contribution is -0.136. The number of thiophene rings is 1. The molecule has 0 spiro atoms. The van der Waals surface area contributed by atoms with Gasteiger partial charge in [0.2, 0.25) is 17.7 Å². The van der Waals surface area contributed by atoms with Gasteiger partial charge in [0.15, 0.2) is 5.82 Å². The number of hydrogen-bond acceptors (Lipinski definition) is 11. The second-order valence-electron chi connectivity index (χ2n) is 12.2. The van der Waals surface area contributed by atoms with E-state index in [1.165, 1.54) is 18.2 Å². The molecule has 4 aromatic rings. The van der Waals surface area contributed by atoms with Crippen molar-refractivity contribution in [1.82, 2.24) is 35.8 Å². The summed E-state index contributed by atoms with van der Waals surface area (Å²) >= 11 is 7.77. The van der Waals surface area contributed by atoms with E-state index in [2.05, 4.69) is 31.7 Å². The zero-order chi connectivity index (χ0) is 36.1. The predicted molar refractivity (Wildman–Crippen MR) is 186 cm³/mol. The first kappa shape index (κ1) is 33.7. The Hall–Kier alpha value is -5.74. The summed E-state index contributed by atoms with van der Waals surface area (Å²) in [7, 11) is 0. The first-order valence-electron chi connectivity index (χ1n) is 16.0. The number of carbonyl (C=O) groups excluding carboxylic acids is 6. The van der Waals surface area contributed by atoms with Gasteiger partial charge in [-0.25, -0.2) is 0 Å². The molecule has 4 N–H and O–H groups in total. The van der Waals surface area contributed by atoms with Crippen molar-refractivity contribution in [3.8, 4) is 5.00 Å². The van der Waals surface area contributed by atoms with Gasteiger partial charge in [-0.15, -0.1) is 21.5 Å². The summed E-state index contributed by atoms with van der Waals surface area (Å²) in [6, 6.07) is 9.93. The highest BCUT2D eigenvalue weighted by Crippen LogP contribution is 2.39. The number of anilines is 1. The third kappa shape index (κ3) is 6.05. The SMILES string of the molecule is Cc1sc2c(c1C)C(c1ccc(Cl)cc1)=N[C@@H](CC(=O)NNC(=O)CNc1cccc3c1C(=O)N(C1CCC(=O)NC1=O)C3=O)c1nnc(C)n1-2. The number of nitrogens with zero attached hydrogens (tertiary/aromatic N) is 5. The van der Waals surface area contributed by atoms with Crippen LogP contribution < -0.4 is 21.5 Å². The normalized spacial score (nSPS) is 18.0. The van der Waals surface area contributed by atoms with E-state index < -0.39 is 47.5 Å². The fourth-order valence-electron chi connectivity index (χ4n) is 6.38. The molecule has 1 saturated heterocycles. The number of nitrogens with one attached hydrogen (secondary N) is 4. The average Bonchev–Trinajstić information content (AvgIpc) is 3.68. The molecule has 6 amide bonds. The van der Waals surface area contributed by atoms with Gasteiger partial charge in [0.1, 0.15) is 22.9 Å². The maximum Gasteiger partial charge on any atom is 0.264 e. The Bertz CT molecular complexity index is 2210. The first-order valence-corrected chi connectivity index (χ1v) is 17.1. The van der Waals surface area contributed by atoms with Crippen LogP contribution in [0, 0.1) is 20.8 Å². The van der Waals surface area contributed by atoms with Crippen molar-refractivity contribution in [2.45, 2.75) is 52.1 Å². The summed E-state index contributed by atoms with van der Waals surface area (Å²) in [5.74, 6) is -2.65. The standard InChI is InChI=1S/C34H30ClN9O6S/c1-15-16(2)51-34-27(15)29(18-7-9-19(35)10-8-18)37-22(30-42-39-17(3)43(30)34)13-25(46)40-41-26(47)14-36-21-6-4-5-20-28(21)33(50)44(32(20)49)23-11-12-24(45)38-31(23)48/h4-10,22-23,36H,11-14H2,1-3H3,(H,40,46)(H,41,47)(H,38,45,48)/t22-,23?/m0/s1. The minimum atomic E-state index is -1.13. The summed E-state index contributed by atoms with van der Waals surface area (Å²) in [5, 5.41) is 15.2. The molecule has 260 valence electrons. The third-order valence-corrected chi connectivity index (χ3v) is 10.4. The van der Waals surface area contributed by atoms with Crippen molar-refractivity contribution in [2.24, 2.45) is 4.99 Å². The van der Waals surface area contributed by atoms with Crippen LogP contribution in [-0.2, 0) is 19.2 Å². The number of carbonyl (C=O) groups is 6. The number of imide groups is 2. The fourth-order valence-corrected chi connectivity index (χ4v) is 7.72. The van der Waals surface area contributed by atoms with Crippen LogP contribution in [0.4, 0.5) is 5.69 Å². The van der Waals surface area contributed by atoms with Gasteiger partial charge in [-0.1, -0.05) is 29.8 Å². The van der Waals surface area contributed by atoms with E-state index in [0.29, 0.717) is 22.4 Å². The van der Waals surface area contributed by atoms with Crippen LogP contribution in [0.3, 0.4) is 0 Å². The van der Waals surface area contributed by atoms with E-state index in [9.17, 15) is 28.8 Å². The fraction of sp³-hybridized carbons (Fsp3) is 0.265. The van der Waals surface area contributed by atoms with Crippen molar-refractivity contribution in [2.75, 3.05) is 11.9 Å². The van der Waals surface area contributed by atoms with E-state index in [1.807, 2.05) is 37.5 Å². The number of aryl methyl sites for hydroxylation is 2. The second kappa shape index (κ2) is 13.2. The zero-order valence-corrected chi connectivity index (χ0v) is 29.1. The summed E-state index contributed by atoms with van der Waals surface area (Å²) in [4.78, 5) is 83.6. The lowest BCUT2D eigenvalue weighted by Gasteiger charge is -2.27. The number of amides is 6. The smallest absolute Gasteiger partial charge is 0.264 e. The number of rotatable bonds is 7. The van der Waals surface area contributed by atoms with Gasteiger partial charge in [-0.3, -0.25) is 59.4 Å². The highest BCUT2D eigenvalue weighted by atomic mass is 35.5. The Morgan fingerprint density at radius 2 is 1.71 bits per heavy atom. The van der Waals surface area contributed by atoms with E-state index in [-0.39, 0.29) is 42.6 Å². The molecule has 0 radical (unpaired) electrons. The Kier molecular flexibility index (Phi) is 8.72. The van der Waals surface area contributed by atoms with E-state index >= 15 is 0 Å². The molecule has 3 aliphatic rings. The molecule has 15 nitrogen and oxygen atoms in total. The van der Waals surface area contributed by atoms with Crippen LogP contribution in [0.15, 0.2) is 47.5 Å². The first-order chi connectivity index (χ1) is 24.4. The molecule has 0 saturated carbocycles.